The first kappa shape index (κ1) is 16.0. The largest absolute Gasteiger partial charge is 0.385 e. The van der Waals surface area contributed by atoms with Gasteiger partial charge in [0.25, 0.3) is 0 Å². The van der Waals surface area contributed by atoms with Gasteiger partial charge in [0, 0.05) is 6.54 Å². The van der Waals surface area contributed by atoms with Gasteiger partial charge in [-0.1, -0.05) is 19.8 Å². The van der Waals surface area contributed by atoms with Crippen LogP contribution in [-0.4, -0.2) is 39.4 Å². The summed E-state index contributed by atoms with van der Waals surface area (Å²) in [5, 5.41) is 15.5. The van der Waals surface area contributed by atoms with Gasteiger partial charge in [0.15, 0.2) is 0 Å². The molecule has 114 valence electrons. The van der Waals surface area contributed by atoms with Crippen LogP contribution in [0.5, 0.6) is 0 Å². The molecule has 1 aliphatic carbocycles. The van der Waals surface area contributed by atoms with Crippen molar-refractivity contribution in [3.05, 3.63) is 16.4 Å². The average molecular weight is 344 g/mol. The third-order valence-electron chi connectivity index (χ3n) is 4.80. The van der Waals surface area contributed by atoms with Crippen LogP contribution in [0.15, 0.2) is 10.7 Å². The van der Waals surface area contributed by atoms with Crippen molar-refractivity contribution in [1.82, 2.24) is 14.7 Å². The zero-order valence-electron chi connectivity index (χ0n) is 12.9. The molecule has 3 atom stereocenters. The zero-order chi connectivity index (χ0) is 14.9. The molecule has 2 rings (SSSR count). The van der Waals surface area contributed by atoms with Gasteiger partial charge in [0.2, 0.25) is 0 Å². The Bertz CT molecular complexity index is 460. The third kappa shape index (κ3) is 2.68. The van der Waals surface area contributed by atoms with Crippen molar-refractivity contribution in [2.45, 2.75) is 57.7 Å². The summed E-state index contributed by atoms with van der Waals surface area (Å²) >= 11 is 3.55. The molecule has 1 saturated carbocycles. The van der Waals surface area contributed by atoms with Gasteiger partial charge in [-0.05, 0) is 55.7 Å². The van der Waals surface area contributed by atoms with Crippen LogP contribution in [0.4, 0.5) is 0 Å². The predicted molar refractivity (Wildman–Crippen MR) is 84.6 cm³/mol. The van der Waals surface area contributed by atoms with Crippen molar-refractivity contribution in [1.29, 1.82) is 0 Å². The highest BCUT2D eigenvalue weighted by Gasteiger charge is 2.45. The lowest BCUT2D eigenvalue weighted by atomic mass is 9.71. The smallest absolute Gasteiger partial charge is 0.115 e. The van der Waals surface area contributed by atoms with Gasteiger partial charge >= 0.3 is 0 Å². The van der Waals surface area contributed by atoms with Crippen molar-refractivity contribution in [3.63, 3.8) is 0 Å². The quantitative estimate of drug-likeness (QED) is 0.912. The molecule has 20 heavy (non-hydrogen) atoms. The van der Waals surface area contributed by atoms with Crippen LogP contribution in [0.1, 0.15) is 51.3 Å². The topological polar surface area (TPSA) is 41.3 Å². The van der Waals surface area contributed by atoms with E-state index in [-0.39, 0.29) is 5.54 Å². The van der Waals surface area contributed by atoms with E-state index in [1.807, 2.05) is 4.68 Å². The zero-order valence-corrected chi connectivity index (χ0v) is 14.5. The first-order chi connectivity index (χ1) is 9.42. The highest BCUT2D eigenvalue weighted by Crippen LogP contribution is 2.45. The minimum absolute atomic E-state index is 0.187. The van der Waals surface area contributed by atoms with Gasteiger partial charge in [-0.3, -0.25) is 4.68 Å². The van der Waals surface area contributed by atoms with Crippen LogP contribution < -0.4 is 0 Å². The van der Waals surface area contributed by atoms with Crippen LogP contribution in [0.3, 0.4) is 0 Å². The Morgan fingerprint density at radius 1 is 1.60 bits per heavy atom. The van der Waals surface area contributed by atoms with Crippen LogP contribution in [0, 0.1) is 5.92 Å². The molecular formula is C15H26BrN3O. The number of hydrogen-bond donors (Lipinski definition) is 1. The standard InChI is InChI=1S/C15H26BrN3O/c1-5-19-13(12(16)10-17-19)14(20)15(18(3)4)8-6-7-11(2)9-15/h10-11,14,20H,5-9H2,1-4H3. The van der Waals surface area contributed by atoms with Crippen LogP contribution in [0.25, 0.3) is 0 Å². The molecule has 0 aliphatic heterocycles. The van der Waals surface area contributed by atoms with Crippen LogP contribution in [-0.2, 0) is 6.54 Å². The van der Waals surface area contributed by atoms with Gasteiger partial charge < -0.3 is 10.0 Å². The Balaban J connectivity index is 2.41. The highest BCUT2D eigenvalue weighted by molar-refractivity contribution is 9.10. The number of aliphatic hydroxyl groups excluding tert-OH is 1. The second-order valence-electron chi connectivity index (χ2n) is 6.30. The summed E-state index contributed by atoms with van der Waals surface area (Å²) < 4.78 is 2.81. The van der Waals surface area contributed by atoms with Crippen LogP contribution in [0.2, 0.25) is 0 Å². The molecule has 0 bridgehead atoms. The normalized spacial score (nSPS) is 28.9. The van der Waals surface area contributed by atoms with Gasteiger partial charge in [-0.25, -0.2) is 0 Å². The van der Waals surface area contributed by atoms with Crippen molar-refractivity contribution in [2.24, 2.45) is 5.92 Å². The summed E-state index contributed by atoms with van der Waals surface area (Å²) in [7, 11) is 4.17. The van der Waals surface area contributed by atoms with E-state index in [1.54, 1.807) is 6.20 Å². The lowest BCUT2D eigenvalue weighted by molar-refractivity contribution is -0.0493. The Morgan fingerprint density at radius 3 is 2.85 bits per heavy atom. The van der Waals surface area contributed by atoms with Gasteiger partial charge in [0.05, 0.1) is 21.9 Å². The Hall–Kier alpha value is -0.390. The molecule has 1 aromatic heterocycles. The molecule has 0 amide bonds. The molecule has 0 aromatic carbocycles. The molecule has 1 N–H and O–H groups in total. The molecule has 4 nitrogen and oxygen atoms in total. The minimum Gasteiger partial charge on any atom is -0.385 e. The van der Waals surface area contributed by atoms with E-state index < -0.39 is 6.10 Å². The summed E-state index contributed by atoms with van der Waals surface area (Å²) in [6, 6.07) is 0. The van der Waals surface area contributed by atoms with E-state index >= 15 is 0 Å². The maximum absolute atomic E-state index is 11.1. The lowest BCUT2D eigenvalue weighted by Crippen LogP contribution is -2.52. The highest BCUT2D eigenvalue weighted by atomic mass is 79.9. The number of aliphatic hydroxyl groups is 1. The predicted octanol–water partition coefficient (Wildman–Crippen LogP) is 3.21. The Kier molecular flexibility index (Phi) is 4.92. The van der Waals surface area contributed by atoms with E-state index in [0.717, 1.165) is 29.6 Å². The average Bonchev–Trinajstić information content (AvgIpc) is 2.78. The second-order valence-corrected chi connectivity index (χ2v) is 7.15. The number of rotatable bonds is 4. The fourth-order valence-corrected chi connectivity index (χ4v) is 4.13. The van der Waals surface area contributed by atoms with Gasteiger partial charge in [-0.15, -0.1) is 0 Å². The summed E-state index contributed by atoms with van der Waals surface area (Å²) in [5.74, 6) is 0.651. The summed E-state index contributed by atoms with van der Waals surface area (Å²) in [6.07, 6.45) is 5.77. The van der Waals surface area contributed by atoms with E-state index in [9.17, 15) is 5.11 Å². The fraction of sp³-hybridized carbons (Fsp3) is 0.800. The number of aromatic nitrogens is 2. The van der Waals surface area contributed by atoms with E-state index in [0.29, 0.717) is 5.92 Å². The van der Waals surface area contributed by atoms with E-state index in [4.69, 9.17) is 0 Å². The SMILES string of the molecule is CCn1ncc(Br)c1C(O)C1(N(C)C)CCCC(C)C1. The summed E-state index contributed by atoms with van der Waals surface area (Å²) in [4.78, 5) is 2.22. The second kappa shape index (κ2) is 6.16. The molecule has 0 radical (unpaired) electrons. The molecule has 0 spiro atoms. The minimum atomic E-state index is -0.517. The Labute approximate surface area is 130 Å². The molecular weight excluding hydrogens is 318 g/mol. The maximum Gasteiger partial charge on any atom is 0.115 e. The molecule has 0 saturated heterocycles. The maximum atomic E-state index is 11.1. The number of aryl methyl sites for hydroxylation is 1. The first-order valence-electron chi connectivity index (χ1n) is 7.49. The molecule has 1 aliphatic rings. The molecule has 3 unspecified atom stereocenters. The number of halogens is 1. The first-order valence-corrected chi connectivity index (χ1v) is 8.28. The molecule has 1 fully saturated rings. The van der Waals surface area contributed by atoms with E-state index in [1.165, 1.54) is 12.8 Å². The van der Waals surface area contributed by atoms with E-state index in [2.05, 4.69) is 53.9 Å². The lowest BCUT2D eigenvalue weighted by Gasteiger charge is -2.48. The molecule has 5 heteroatoms. The van der Waals surface area contributed by atoms with Crippen molar-refractivity contribution in [3.8, 4) is 0 Å². The number of nitrogens with zero attached hydrogens (tertiary/aromatic N) is 3. The van der Waals surface area contributed by atoms with Crippen molar-refractivity contribution >= 4 is 15.9 Å². The number of likely N-dealkylation sites (N-methyl/N-ethyl adjacent to an activating group) is 1. The third-order valence-corrected chi connectivity index (χ3v) is 5.41. The Morgan fingerprint density at radius 2 is 2.30 bits per heavy atom. The molecule has 1 aromatic rings. The van der Waals surface area contributed by atoms with Crippen molar-refractivity contribution in [2.75, 3.05) is 14.1 Å². The van der Waals surface area contributed by atoms with Crippen molar-refractivity contribution < 1.29 is 5.11 Å². The fourth-order valence-electron chi connectivity index (χ4n) is 3.61. The summed E-state index contributed by atoms with van der Waals surface area (Å²) in [6.45, 7) is 5.12. The monoisotopic (exact) mass is 343 g/mol. The van der Waals surface area contributed by atoms with Gasteiger partial charge in [0.1, 0.15) is 6.10 Å². The summed E-state index contributed by atoms with van der Waals surface area (Å²) in [5.41, 5.74) is 0.725. The molecule has 1 heterocycles. The van der Waals surface area contributed by atoms with Gasteiger partial charge in [-0.2, -0.15) is 5.10 Å². The number of hydrogen-bond acceptors (Lipinski definition) is 3. The van der Waals surface area contributed by atoms with Crippen LogP contribution >= 0.6 is 15.9 Å².